The van der Waals surface area contributed by atoms with Gasteiger partial charge in [0.15, 0.2) is 0 Å². The zero-order valence-electron chi connectivity index (χ0n) is 17.0. The number of carbonyl (C=O) groups is 1. The number of primary amides is 1. The van der Waals surface area contributed by atoms with Crippen LogP contribution in [0.3, 0.4) is 0 Å². The van der Waals surface area contributed by atoms with Gasteiger partial charge in [0, 0.05) is 34.7 Å². The molecule has 1 amide bonds. The Bertz CT molecular complexity index is 1050. The van der Waals surface area contributed by atoms with E-state index in [0.717, 1.165) is 42.3 Å². The van der Waals surface area contributed by atoms with Gasteiger partial charge in [-0.05, 0) is 73.2 Å². The summed E-state index contributed by atoms with van der Waals surface area (Å²) < 4.78 is 16.0. The van der Waals surface area contributed by atoms with Crippen molar-refractivity contribution in [2.45, 2.75) is 45.7 Å². The molecule has 0 saturated heterocycles. The molecule has 3 N–H and O–H groups in total. The Kier molecular flexibility index (Phi) is 5.41. The lowest BCUT2D eigenvalue weighted by Crippen LogP contribution is -2.36. The van der Waals surface area contributed by atoms with E-state index in [4.69, 9.17) is 5.73 Å². The Labute approximate surface area is 170 Å². The first-order chi connectivity index (χ1) is 13.9. The van der Waals surface area contributed by atoms with Gasteiger partial charge >= 0.3 is 0 Å². The molecule has 1 aliphatic rings. The average Bonchev–Trinajstić information content (AvgIpc) is 2.99. The fourth-order valence-corrected chi connectivity index (χ4v) is 4.38. The van der Waals surface area contributed by atoms with Gasteiger partial charge < -0.3 is 15.6 Å². The second-order valence-corrected chi connectivity index (χ2v) is 8.48. The van der Waals surface area contributed by atoms with Crippen molar-refractivity contribution in [3.8, 4) is 0 Å². The number of hydrogen-bond acceptors (Lipinski definition) is 2. The van der Waals surface area contributed by atoms with E-state index in [1.54, 1.807) is 18.2 Å². The molecule has 0 saturated carbocycles. The molecule has 0 bridgehead atoms. The summed E-state index contributed by atoms with van der Waals surface area (Å²) in [7, 11) is 0. The Morgan fingerprint density at radius 3 is 2.83 bits per heavy atom. The maximum atomic E-state index is 13.7. The van der Waals surface area contributed by atoms with Crippen LogP contribution in [0.5, 0.6) is 0 Å². The Hall–Kier alpha value is -2.66. The summed E-state index contributed by atoms with van der Waals surface area (Å²) in [5.74, 6) is -0.0298. The summed E-state index contributed by atoms with van der Waals surface area (Å²) in [4.78, 5) is 11.8. The topological polar surface area (TPSA) is 60.0 Å². The van der Waals surface area contributed by atoms with Crippen LogP contribution in [0.2, 0.25) is 0 Å². The van der Waals surface area contributed by atoms with Gasteiger partial charge in [0.2, 0.25) is 5.91 Å². The van der Waals surface area contributed by atoms with Crippen LogP contribution < -0.4 is 11.1 Å². The van der Waals surface area contributed by atoms with Crippen molar-refractivity contribution in [3.63, 3.8) is 0 Å². The molecule has 4 rings (SSSR count). The van der Waals surface area contributed by atoms with Gasteiger partial charge in [-0.25, -0.2) is 4.39 Å². The first kappa shape index (κ1) is 19.6. The van der Waals surface area contributed by atoms with Crippen molar-refractivity contribution in [1.29, 1.82) is 0 Å². The van der Waals surface area contributed by atoms with Crippen molar-refractivity contribution < 1.29 is 9.18 Å². The highest BCUT2D eigenvalue weighted by Gasteiger charge is 2.26. The van der Waals surface area contributed by atoms with Crippen LogP contribution in [0, 0.1) is 11.7 Å². The molecule has 1 aromatic heterocycles. The molecular weight excluding hydrogens is 365 g/mol. The molecule has 0 spiro atoms. The number of hydrogen-bond donors (Lipinski definition) is 2. The highest BCUT2D eigenvalue weighted by molar-refractivity contribution is 5.98. The predicted octanol–water partition coefficient (Wildman–Crippen LogP) is 4.03. The molecule has 152 valence electrons. The van der Waals surface area contributed by atoms with Crippen molar-refractivity contribution in [2.24, 2.45) is 11.7 Å². The molecule has 1 heterocycles. The van der Waals surface area contributed by atoms with E-state index in [-0.39, 0.29) is 5.82 Å². The Morgan fingerprint density at radius 2 is 2.10 bits per heavy atom. The highest BCUT2D eigenvalue weighted by atomic mass is 19.1. The van der Waals surface area contributed by atoms with Crippen LogP contribution in [-0.4, -0.2) is 23.1 Å². The second kappa shape index (κ2) is 7.99. The smallest absolute Gasteiger partial charge is 0.248 e. The highest BCUT2D eigenvalue weighted by Crippen LogP contribution is 2.33. The third-order valence-electron chi connectivity index (χ3n) is 5.80. The third-order valence-corrected chi connectivity index (χ3v) is 5.80. The molecule has 3 aromatic rings. The zero-order chi connectivity index (χ0) is 20.5. The minimum Gasteiger partial charge on any atom is -0.366 e. The average molecular weight is 394 g/mol. The fourth-order valence-electron chi connectivity index (χ4n) is 4.38. The number of benzene rings is 2. The van der Waals surface area contributed by atoms with Crippen molar-refractivity contribution >= 4 is 16.8 Å². The molecule has 29 heavy (non-hydrogen) atoms. The number of fused-ring (bicyclic) bond motifs is 3. The largest absolute Gasteiger partial charge is 0.366 e. The van der Waals surface area contributed by atoms with Gasteiger partial charge in [-0.1, -0.05) is 26.0 Å². The van der Waals surface area contributed by atoms with Crippen LogP contribution in [0.1, 0.15) is 47.4 Å². The monoisotopic (exact) mass is 393 g/mol. The number of rotatable bonds is 6. The zero-order valence-corrected chi connectivity index (χ0v) is 17.0. The molecule has 2 aromatic carbocycles. The number of carbonyl (C=O) groups excluding carboxylic acids is 1. The van der Waals surface area contributed by atoms with Gasteiger partial charge in [-0.3, -0.25) is 4.79 Å². The summed E-state index contributed by atoms with van der Waals surface area (Å²) in [5, 5.41) is 4.77. The van der Waals surface area contributed by atoms with Crippen LogP contribution in [-0.2, 0) is 19.4 Å². The Balaban J connectivity index is 1.77. The molecule has 0 fully saturated rings. The fraction of sp³-hybridized carbons (Fsp3) is 0.375. The molecule has 1 atom stereocenters. The molecule has 0 radical (unpaired) electrons. The third kappa shape index (κ3) is 4.06. The molecule has 0 aliphatic heterocycles. The van der Waals surface area contributed by atoms with Crippen LogP contribution >= 0.6 is 0 Å². The van der Waals surface area contributed by atoms with E-state index in [1.165, 1.54) is 17.3 Å². The van der Waals surface area contributed by atoms with E-state index in [9.17, 15) is 9.18 Å². The van der Waals surface area contributed by atoms with Crippen molar-refractivity contribution in [2.75, 3.05) is 6.54 Å². The van der Waals surface area contributed by atoms with E-state index < -0.39 is 5.91 Å². The number of nitrogens with two attached hydrogens (primary N) is 1. The minimum atomic E-state index is -0.413. The maximum absolute atomic E-state index is 13.7. The Morgan fingerprint density at radius 1 is 1.28 bits per heavy atom. The van der Waals surface area contributed by atoms with E-state index in [1.807, 2.05) is 18.2 Å². The number of amides is 1. The normalized spacial score (nSPS) is 16.3. The first-order valence-corrected chi connectivity index (χ1v) is 10.3. The number of halogens is 1. The quantitative estimate of drug-likeness (QED) is 0.664. The minimum absolute atomic E-state index is 0.221. The van der Waals surface area contributed by atoms with E-state index >= 15 is 0 Å². The lowest BCUT2D eigenvalue weighted by atomic mass is 9.90. The molecular formula is C24H28FN3O. The SMILES string of the molecule is CC(C)CNC1CCc2c(c3cc(C(N)=O)ccc3n2Cc2cccc(F)c2)C1. The molecule has 1 unspecified atom stereocenters. The summed E-state index contributed by atoms with van der Waals surface area (Å²) in [6.07, 6.45) is 2.96. The van der Waals surface area contributed by atoms with Crippen LogP contribution in [0.25, 0.3) is 10.9 Å². The summed E-state index contributed by atoms with van der Waals surface area (Å²) in [6, 6.07) is 12.9. The summed E-state index contributed by atoms with van der Waals surface area (Å²) in [5.41, 5.74) is 10.6. The van der Waals surface area contributed by atoms with Gasteiger partial charge in [-0.15, -0.1) is 0 Å². The number of nitrogens with one attached hydrogen (secondary N) is 1. The lowest BCUT2D eigenvalue weighted by molar-refractivity contribution is 0.100. The van der Waals surface area contributed by atoms with Gasteiger partial charge in [0.05, 0.1) is 0 Å². The van der Waals surface area contributed by atoms with Gasteiger partial charge in [0.25, 0.3) is 0 Å². The van der Waals surface area contributed by atoms with E-state index in [0.29, 0.717) is 24.1 Å². The molecule has 1 aliphatic carbocycles. The lowest BCUT2D eigenvalue weighted by Gasteiger charge is -2.26. The van der Waals surface area contributed by atoms with Crippen molar-refractivity contribution in [3.05, 3.63) is 70.7 Å². The second-order valence-electron chi connectivity index (χ2n) is 8.48. The van der Waals surface area contributed by atoms with Crippen LogP contribution in [0.4, 0.5) is 4.39 Å². The molecule has 5 heteroatoms. The first-order valence-electron chi connectivity index (χ1n) is 10.3. The van der Waals surface area contributed by atoms with E-state index in [2.05, 4.69) is 23.7 Å². The van der Waals surface area contributed by atoms with Crippen LogP contribution in [0.15, 0.2) is 42.5 Å². The number of aromatic nitrogens is 1. The summed E-state index contributed by atoms with van der Waals surface area (Å²) >= 11 is 0. The predicted molar refractivity (Wildman–Crippen MR) is 115 cm³/mol. The summed E-state index contributed by atoms with van der Waals surface area (Å²) in [6.45, 7) is 6.04. The standard InChI is InChI=1S/C24H28FN3O/c1-15(2)13-27-19-7-9-23-21(12-19)20-11-17(24(26)29)6-8-22(20)28(23)14-16-4-3-5-18(25)10-16/h3-6,8,10-11,15,19,27H,7,9,12-14H2,1-2H3,(H2,26,29). The molecule has 4 nitrogen and oxygen atoms in total. The van der Waals surface area contributed by atoms with Gasteiger partial charge in [0.1, 0.15) is 5.82 Å². The number of nitrogens with zero attached hydrogens (tertiary/aromatic N) is 1. The maximum Gasteiger partial charge on any atom is 0.248 e. The van der Waals surface area contributed by atoms with Gasteiger partial charge in [-0.2, -0.15) is 0 Å². The van der Waals surface area contributed by atoms with Crippen molar-refractivity contribution in [1.82, 2.24) is 9.88 Å².